The molecule has 1 aliphatic carbocycles. The Morgan fingerprint density at radius 3 is 2.69 bits per heavy atom. The number of hydrogen-bond donors (Lipinski definition) is 2. The average molecular weight is 651 g/mol. The number of allylic oxidation sites excluding steroid dienone is 4. The first-order chi connectivity index (χ1) is 23.4. The largest absolute Gasteiger partial charge is 0.489 e. The van der Waals surface area contributed by atoms with Crippen LogP contribution in [0.2, 0.25) is 0 Å². The fourth-order valence-corrected chi connectivity index (χ4v) is 6.50. The van der Waals surface area contributed by atoms with Crippen LogP contribution < -0.4 is 10.1 Å². The van der Waals surface area contributed by atoms with Gasteiger partial charge in [0.1, 0.15) is 30.3 Å². The molecule has 3 aromatic rings. The number of amidine groups is 1. The number of β-amino-alcohol motifs (C(OH)–C–C–N with tert-alkyl or cyclic N) is 1. The fraction of sp³-hybridized carbons (Fsp3) is 0.385. The molecular formula is C39H47FN6O2. The number of aliphatic imine (C=N–C) groups is 2. The lowest BCUT2D eigenvalue weighted by Crippen LogP contribution is -2.50. The molecule has 1 atom stereocenters. The van der Waals surface area contributed by atoms with Crippen molar-refractivity contribution in [2.75, 3.05) is 51.1 Å². The fourth-order valence-electron chi connectivity index (χ4n) is 6.50. The lowest BCUT2D eigenvalue weighted by atomic mass is 9.85. The van der Waals surface area contributed by atoms with Crippen LogP contribution in [0.4, 0.5) is 10.1 Å². The Hall–Kier alpha value is -4.31. The van der Waals surface area contributed by atoms with Gasteiger partial charge in [-0.15, -0.1) is 0 Å². The molecule has 1 saturated heterocycles. The van der Waals surface area contributed by atoms with Crippen molar-refractivity contribution in [2.24, 2.45) is 15.9 Å². The summed E-state index contributed by atoms with van der Waals surface area (Å²) >= 11 is 0. The van der Waals surface area contributed by atoms with E-state index in [9.17, 15) is 9.50 Å². The number of aliphatic hydroxyl groups excluding tert-OH is 1. The first-order valence-corrected chi connectivity index (χ1v) is 17.1. The van der Waals surface area contributed by atoms with Gasteiger partial charge in [0.2, 0.25) is 0 Å². The van der Waals surface area contributed by atoms with Crippen molar-refractivity contribution in [3.8, 4) is 5.75 Å². The van der Waals surface area contributed by atoms with Crippen LogP contribution in [0.25, 0.3) is 5.57 Å². The molecule has 2 aliphatic heterocycles. The molecule has 2 aromatic carbocycles. The van der Waals surface area contributed by atoms with E-state index in [-0.39, 0.29) is 12.4 Å². The maximum absolute atomic E-state index is 13.6. The second-order valence-electron chi connectivity index (χ2n) is 13.1. The number of aryl methyl sites for hydroxylation is 1. The van der Waals surface area contributed by atoms with Crippen LogP contribution in [0, 0.1) is 18.7 Å². The summed E-state index contributed by atoms with van der Waals surface area (Å²) < 4.78 is 21.6. The summed E-state index contributed by atoms with van der Waals surface area (Å²) in [6, 6.07) is 14.4. The smallest absolute Gasteiger partial charge is 0.137 e. The van der Waals surface area contributed by atoms with E-state index in [1.807, 2.05) is 43.5 Å². The topological polar surface area (TPSA) is 77.6 Å². The van der Waals surface area contributed by atoms with Crippen LogP contribution in [0.1, 0.15) is 36.0 Å². The average Bonchev–Trinajstić information content (AvgIpc) is 3.52. The van der Waals surface area contributed by atoms with E-state index in [2.05, 4.69) is 54.6 Å². The number of piperazine rings is 1. The normalized spacial score (nSPS) is 19.2. The maximum atomic E-state index is 13.6. The van der Waals surface area contributed by atoms with Gasteiger partial charge in [-0.05, 0) is 90.4 Å². The number of benzene rings is 2. The van der Waals surface area contributed by atoms with Crippen molar-refractivity contribution >= 4 is 23.4 Å². The molecule has 2 N–H and O–H groups in total. The van der Waals surface area contributed by atoms with Crippen molar-refractivity contribution in [2.45, 2.75) is 45.4 Å². The van der Waals surface area contributed by atoms with E-state index in [1.165, 1.54) is 37.9 Å². The lowest BCUT2D eigenvalue weighted by molar-refractivity contribution is 0.0544. The quantitative estimate of drug-likeness (QED) is 0.211. The highest BCUT2D eigenvalue weighted by molar-refractivity contribution is 6.13. The van der Waals surface area contributed by atoms with Gasteiger partial charge < -0.3 is 24.6 Å². The Balaban J connectivity index is 1.05. The zero-order valence-electron chi connectivity index (χ0n) is 27.9. The zero-order chi connectivity index (χ0) is 33.3. The second kappa shape index (κ2) is 16.2. The molecule has 48 heavy (non-hydrogen) atoms. The number of aliphatic hydroxyl groups is 1. The van der Waals surface area contributed by atoms with Gasteiger partial charge in [-0.3, -0.25) is 9.89 Å². The molecule has 1 unspecified atom stereocenters. The molecule has 0 radical (unpaired) electrons. The highest BCUT2D eigenvalue weighted by atomic mass is 19.1. The van der Waals surface area contributed by atoms with E-state index in [4.69, 9.17) is 4.74 Å². The second-order valence-corrected chi connectivity index (χ2v) is 13.1. The zero-order valence-corrected chi connectivity index (χ0v) is 27.9. The highest BCUT2D eigenvalue weighted by Crippen LogP contribution is 2.28. The molecule has 2 fully saturated rings. The summed E-state index contributed by atoms with van der Waals surface area (Å²) in [5.74, 6) is 2.09. The third kappa shape index (κ3) is 9.18. The summed E-state index contributed by atoms with van der Waals surface area (Å²) in [5.41, 5.74) is 5.57. The van der Waals surface area contributed by atoms with Gasteiger partial charge in [-0.25, -0.2) is 9.38 Å². The SMILES string of the molecule is C=C/C=C(\C=C1/CN=CN=C1Nc1ccc(OCc2cccc(F)c2)c(C)c1)c1ccn(CC(O)CN2CCN(CC3CCC3)CC2)c1. The van der Waals surface area contributed by atoms with Crippen molar-refractivity contribution in [3.05, 3.63) is 114 Å². The Labute approximate surface area is 283 Å². The summed E-state index contributed by atoms with van der Waals surface area (Å²) in [7, 11) is 0. The number of aromatic nitrogens is 1. The van der Waals surface area contributed by atoms with Crippen LogP contribution >= 0.6 is 0 Å². The number of ether oxygens (including phenoxy) is 1. The summed E-state index contributed by atoms with van der Waals surface area (Å²) in [5, 5.41) is 14.4. The van der Waals surface area contributed by atoms with Gasteiger partial charge in [0.05, 0.1) is 12.6 Å². The van der Waals surface area contributed by atoms with E-state index in [0.717, 1.165) is 77.2 Å². The summed E-state index contributed by atoms with van der Waals surface area (Å²) in [6.45, 7) is 13.4. The third-order valence-corrected chi connectivity index (χ3v) is 9.36. The number of hydrogen-bond acceptors (Lipinski definition) is 7. The van der Waals surface area contributed by atoms with Gasteiger partial charge in [-0.1, -0.05) is 37.3 Å². The predicted octanol–water partition coefficient (Wildman–Crippen LogP) is 6.34. The number of halogens is 1. The standard InChI is InChI=1S/C39H47FN6O2/c1-3-6-32(33-13-14-46(24-33)26-37(47)25-45-17-15-44(16-18-45)23-30-7-4-8-30)21-34-22-41-28-42-39(34)43-36-11-12-38(29(2)19-36)48-27-31-9-5-10-35(40)20-31/h3,5-6,9-14,19-21,24,28,30,37,47H,1,4,7-8,15-18,22-23,25-27H2,2H3,(H,41,42,43)/b32-6+,34-21+. The minimum absolute atomic E-state index is 0.274. The van der Waals surface area contributed by atoms with Crippen LogP contribution in [-0.2, 0) is 13.2 Å². The van der Waals surface area contributed by atoms with Crippen LogP contribution in [-0.4, -0.2) is 83.6 Å². The van der Waals surface area contributed by atoms with Gasteiger partial charge >= 0.3 is 0 Å². The van der Waals surface area contributed by atoms with Crippen LogP contribution in [0.15, 0.2) is 101 Å². The molecule has 8 nitrogen and oxygen atoms in total. The summed E-state index contributed by atoms with van der Waals surface area (Å²) in [6.07, 6.45) is 15.3. The Morgan fingerprint density at radius 2 is 1.94 bits per heavy atom. The minimum Gasteiger partial charge on any atom is -0.489 e. The molecule has 252 valence electrons. The van der Waals surface area contributed by atoms with Crippen molar-refractivity contribution < 1.29 is 14.2 Å². The van der Waals surface area contributed by atoms with Gasteiger partial charge in [0.25, 0.3) is 0 Å². The molecule has 1 aromatic heterocycles. The van der Waals surface area contributed by atoms with Crippen LogP contribution in [0.5, 0.6) is 5.75 Å². The molecule has 6 rings (SSSR count). The van der Waals surface area contributed by atoms with Gasteiger partial charge in [0.15, 0.2) is 0 Å². The first-order valence-electron chi connectivity index (χ1n) is 17.1. The Morgan fingerprint density at radius 1 is 1.10 bits per heavy atom. The Bertz CT molecular complexity index is 1680. The van der Waals surface area contributed by atoms with E-state index in [0.29, 0.717) is 19.6 Å². The lowest BCUT2D eigenvalue weighted by Gasteiger charge is -2.39. The molecule has 3 aliphatic rings. The maximum Gasteiger partial charge on any atom is 0.137 e. The minimum atomic E-state index is -0.439. The Kier molecular flexibility index (Phi) is 11.3. The third-order valence-electron chi connectivity index (χ3n) is 9.36. The van der Waals surface area contributed by atoms with Gasteiger partial charge in [0, 0.05) is 69.5 Å². The molecular weight excluding hydrogens is 603 g/mol. The van der Waals surface area contributed by atoms with Gasteiger partial charge in [-0.2, -0.15) is 0 Å². The highest BCUT2D eigenvalue weighted by Gasteiger charge is 2.24. The number of nitrogens with one attached hydrogen (secondary N) is 1. The van der Waals surface area contributed by atoms with Crippen molar-refractivity contribution in [1.29, 1.82) is 0 Å². The van der Waals surface area contributed by atoms with Crippen molar-refractivity contribution in [3.63, 3.8) is 0 Å². The van der Waals surface area contributed by atoms with E-state index >= 15 is 0 Å². The molecule has 1 saturated carbocycles. The summed E-state index contributed by atoms with van der Waals surface area (Å²) in [4.78, 5) is 14.0. The number of anilines is 1. The van der Waals surface area contributed by atoms with E-state index < -0.39 is 6.10 Å². The molecule has 0 spiro atoms. The number of rotatable bonds is 13. The monoisotopic (exact) mass is 650 g/mol. The predicted molar refractivity (Wildman–Crippen MR) is 193 cm³/mol. The van der Waals surface area contributed by atoms with Crippen LogP contribution in [0.3, 0.4) is 0 Å². The number of nitrogens with zero attached hydrogens (tertiary/aromatic N) is 5. The molecule has 3 heterocycles. The van der Waals surface area contributed by atoms with Crippen molar-refractivity contribution in [1.82, 2.24) is 14.4 Å². The van der Waals surface area contributed by atoms with E-state index in [1.54, 1.807) is 18.5 Å². The first kappa shape index (κ1) is 33.6. The molecule has 0 amide bonds. The molecule has 9 heteroatoms. The molecule has 0 bridgehead atoms.